The fourth-order valence-corrected chi connectivity index (χ4v) is 2.57. The summed E-state index contributed by atoms with van der Waals surface area (Å²) in [7, 11) is 0. The third-order valence-electron chi connectivity index (χ3n) is 3.79. The Balaban J connectivity index is 1.78. The molecule has 7 nitrogen and oxygen atoms in total. The molecule has 26 heavy (non-hydrogen) atoms. The lowest BCUT2D eigenvalue weighted by Gasteiger charge is -2.06. The highest BCUT2D eigenvalue weighted by Gasteiger charge is 2.15. The lowest BCUT2D eigenvalue weighted by atomic mass is 10.1. The van der Waals surface area contributed by atoms with Crippen LogP contribution in [0.25, 0.3) is 33.8 Å². The van der Waals surface area contributed by atoms with Crippen molar-refractivity contribution in [2.75, 3.05) is 0 Å². The van der Waals surface area contributed by atoms with Crippen LogP contribution in [0.4, 0.5) is 8.78 Å². The van der Waals surface area contributed by atoms with Gasteiger partial charge in [-0.3, -0.25) is 4.57 Å². The first-order valence-electron chi connectivity index (χ1n) is 7.43. The summed E-state index contributed by atoms with van der Waals surface area (Å²) >= 11 is 0. The van der Waals surface area contributed by atoms with Gasteiger partial charge < -0.3 is 9.52 Å². The molecule has 0 saturated carbocycles. The Labute approximate surface area is 144 Å². The number of carboxylic acids is 1. The average Bonchev–Trinajstić information content (AvgIpc) is 3.28. The molecule has 4 rings (SSSR count). The van der Waals surface area contributed by atoms with Crippen molar-refractivity contribution in [2.24, 2.45) is 0 Å². The van der Waals surface area contributed by atoms with Gasteiger partial charge in [0.15, 0.2) is 5.58 Å². The van der Waals surface area contributed by atoms with Crippen molar-refractivity contribution in [3.8, 4) is 22.7 Å². The largest absolute Gasteiger partial charge is 0.477 e. The van der Waals surface area contributed by atoms with E-state index in [1.807, 2.05) is 0 Å². The molecular weight excluding hydrogens is 346 g/mol. The van der Waals surface area contributed by atoms with E-state index in [1.54, 1.807) is 24.3 Å². The van der Waals surface area contributed by atoms with Crippen LogP contribution in [0.5, 0.6) is 0 Å². The van der Waals surface area contributed by atoms with Gasteiger partial charge in [-0.05, 0) is 30.3 Å². The van der Waals surface area contributed by atoms with Crippen LogP contribution in [0.1, 0.15) is 17.0 Å². The quantitative estimate of drug-likeness (QED) is 0.597. The van der Waals surface area contributed by atoms with Gasteiger partial charge in [0.1, 0.15) is 11.2 Å². The third-order valence-corrected chi connectivity index (χ3v) is 3.79. The number of fused-ring (bicyclic) bond motifs is 1. The van der Waals surface area contributed by atoms with E-state index in [9.17, 15) is 13.6 Å². The molecule has 0 radical (unpaired) electrons. The minimum atomic E-state index is -2.71. The zero-order chi connectivity index (χ0) is 18.3. The number of imidazole rings is 1. The van der Waals surface area contributed by atoms with E-state index in [0.29, 0.717) is 22.2 Å². The lowest BCUT2D eigenvalue weighted by molar-refractivity contribution is 0.0688. The van der Waals surface area contributed by atoms with Crippen LogP contribution in [0.2, 0.25) is 0 Å². The van der Waals surface area contributed by atoms with Crippen LogP contribution >= 0.6 is 0 Å². The van der Waals surface area contributed by atoms with Gasteiger partial charge in [0, 0.05) is 17.3 Å². The van der Waals surface area contributed by atoms with Crippen molar-refractivity contribution in [3.63, 3.8) is 0 Å². The number of pyridine rings is 1. The Kier molecular flexibility index (Phi) is 3.68. The van der Waals surface area contributed by atoms with Crippen LogP contribution in [-0.2, 0) is 0 Å². The number of oxazole rings is 1. The molecule has 0 spiro atoms. The normalized spacial score (nSPS) is 11.3. The smallest absolute Gasteiger partial charge is 0.354 e. The molecule has 130 valence electrons. The van der Waals surface area contributed by atoms with E-state index in [2.05, 4.69) is 15.0 Å². The first-order chi connectivity index (χ1) is 12.5. The molecule has 3 heterocycles. The highest BCUT2D eigenvalue weighted by atomic mass is 19.3. The number of carbonyl (C=O) groups is 1. The average molecular weight is 356 g/mol. The number of benzene rings is 1. The van der Waals surface area contributed by atoms with Crippen LogP contribution in [-0.4, -0.2) is 30.6 Å². The molecule has 9 heteroatoms. The zero-order valence-corrected chi connectivity index (χ0v) is 13.0. The predicted octanol–water partition coefficient (Wildman–Crippen LogP) is 3.85. The van der Waals surface area contributed by atoms with E-state index in [1.165, 1.54) is 18.5 Å². The van der Waals surface area contributed by atoms with E-state index in [4.69, 9.17) is 9.52 Å². The number of aromatic carboxylic acids is 1. The third kappa shape index (κ3) is 2.69. The zero-order valence-electron chi connectivity index (χ0n) is 13.0. The van der Waals surface area contributed by atoms with E-state index >= 15 is 0 Å². The minimum Gasteiger partial charge on any atom is -0.477 e. The molecule has 0 bridgehead atoms. The van der Waals surface area contributed by atoms with Gasteiger partial charge in [-0.1, -0.05) is 0 Å². The second-order valence-corrected chi connectivity index (χ2v) is 5.40. The van der Waals surface area contributed by atoms with Crippen molar-refractivity contribution in [1.29, 1.82) is 0 Å². The van der Waals surface area contributed by atoms with Gasteiger partial charge in [0.25, 0.3) is 0 Å². The van der Waals surface area contributed by atoms with E-state index in [0.717, 1.165) is 10.9 Å². The van der Waals surface area contributed by atoms with Crippen molar-refractivity contribution < 1.29 is 23.1 Å². The van der Waals surface area contributed by atoms with Gasteiger partial charge >= 0.3 is 12.5 Å². The topological polar surface area (TPSA) is 94.0 Å². The molecule has 0 atom stereocenters. The minimum absolute atomic E-state index is 0.133. The van der Waals surface area contributed by atoms with Crippen LogP contribution < -0.4 is 0 Å². The second kappa shape index (κ2) is 6.03. The van der Waals surface area contributed by atoms with E-state index in [-0.39, 0.29) is 17.3 Å². The maximum absolute atomic E-state index is 13.0. The number of alkyl halides is 2. The van der Waals surface area contributed by atoms with Gasteiger partial charge in [0.2, 0.25) is 5.89 Å². The lowest BCUT2D eigenvalue weighted by Crippen LogP contribution is -1.99. The maximum atomic E-state index is 13.0. The highest BCUT2D eigenvalue weighted by Crippen LogP contribution is 2.30. The molecular formula is C17H10F2N4O3. The van der Waals surface area contributed by atoms with Crippen LogP contribution in [0.15, 0.2) is 53.5 Å². The van der Waals surface area contributed by atoms with Gasteiger partial charge in [-0.2, -0.15) is 8.78 Å². The van der Waals surface area contributed by atoms with Gasteiger partial charge in [0.05, 0.1) is 18.2 Å². The van der Waals surface area contributed by atoms with Gasteiger partial charge in [-0.15, -0.1) is 0 Å². The summed E-state index contributed by atoms with van der Waals surface area (Å²) in [5.41, 5.74) is 1.98. The summed E-state index contributed by atoms with van der Waals surface area (Å²) in [5.74, 6) is -0.949. The predicted molar refractivity (Wildman–Crippen MR) is 86.7 cm³/mol. The monoisotopic (exact) mass is 356 g/mol. The molecule has 0 amide bonds. The second-order valence-electron chi connectivity index (χ2n) is 5.40. The molecule has 1 aromatic carbocycles. The van der Waals surface area contributed by atoms with E-state index < -0.39 is 12.5 Å². The number of aromatic nitrogens is 4. The van der Waals surface area contributed by atoms with Crippen LogP contribution in [0, 0.1) is 0 Å². The standard InChI is InChI=1S/C17H10F2N4O3/c18-17(19)23-8-20-7-13(23)9-1-2-14-11(5-9)22-15(26-14)10-3-4-21-12(6-10)16(24)25/h1-8,17H,(H,24,25). The molecule has 0 unspecified atom stereocenters. The number of nitrogens with zero attached hydrogens (tertiary/aromatic N) is 4. The highest BCUT2D eigenvalue weighted by molar-refractivity contribution is 5.87. The molecule has 0 aliphatic carbocycles. The molecule has 0 fully saturated rings. The summed E-state index contributed by atoms with van der Waals surface area (Å²) in [6, 6.07) is 7.77. The summed E-state index contributed by atoms with van der Waals surface area (Å²) in [5, 5.41) is 9.03. The summed E-state index contributed by atoms with van der Waals surface area (Å²) in [6.45, 7) is -2.71. The number of halogens is 2. The first kappa shape index (κ1) is 15.9. The van der Waals surface area contributed by atoms with Crippen molar-refractivity contribution in [2.45, 2.75) is 6.55 Å². The summed E-state index contributed by atoms with van der Waals surface area (Å²) in [4.78, 5) is 22.9. The summed E-state index contributed by atoms with van der Waals surface area (Å²) < 4.78 is 32.4. The molecule has 1 N–H and O–H groups in total. The number of carboxylic acid groups (broad SMARTS) is 1. The van der Waals surface area contributed by atoms with Crippen LogP contribution in [0.3, 0.4) is 0 Å². The Morgan fingerprint density at radius 1 is 1.19 bits per heavy atom. The number of hydrogen-bond acceptors (Lipinski definition) is 5. The maximum Gasteiger partial charge on any atom is 0.354 e. The Hall–Kier alpha value is -3.62. The van der Waals surface area contributed by atoms with Crippen molar-refractivity contribution >= 4 is 17.1 Å². The Bertz CT molecular complexity index is 1120. The molecule has 0 saturated heterocycles. The molecule has 0 aliphatic rings. The van der Waals surface area contributed by atoms with Gasteiger partial charge in [-0.25, -0.2) is 19.7 Å². The Morgan fingerprint density at radius 2 is 2.04 bits per heavy atom. The van der Waals surface area contributed by atoms with Crippen molar-refractivity contribution in [1.82, 2.24) is 19.5 Å². The van der Waals surface area contributed by atoms with Crippen molar-refractivity contribution in [3.05, 3.63) is 54.7 Å². The fraction of sp³-hybridized carbons (Fsp3) is 0.0588. The number of hydrogen-bond donors (Lipinski definition) is 1. The molecule has 4 aromatic rings. The number of rotatable bonds is 4. The Morgan fingerprint density at radius 3 is 2.81 bits per heavy atom. The molecule has 3 aromatic heterocycles. The SMILES string of the molecule is O=C(O)c1cc(-c2nc3cc(-c4cncn4C(F)F)ccc3o2)ccn1. The fourth-order valence-electron chi connectivity index (χ4n) is 2.57. The summed E-state index contributed by atoms with van der Waals surface area (Å²) in [6.07, 6.45) is 3.75. The first-order valence-corrected chi connectivity index (χ1v) is 7.43. The molecule has 0 aliphatic heterocycles.